The van der Waals surface area contributed by atoms with Crippen molar-refractivity contribution in [1.29, 1.82) is 0 Å². The molecule has 1 aromatic rings. The van der Waals surface area contributed by atoms with Crippen LogP contribution in [0.4, 0.5) is 0 Å². The summed E-state index contributed by atoms with van der Waals surface area (Å²) in [4.78, 5) is 0. The summed E-state index contributed by atoms with van der Waals surface area (Å²) in [5.74, 6) is 0. The lowest BCUT2D eigenvalue weighted by Gasteiger charge is -2.26. The van der Waals surface area contributed by atoms with Crippen LogP contribution < -0.4 is 0 Å². The number of rotatable bonds is 3. The normalized spacial score (nSPS) is 17.8. The van der Waals surface area contributed by atoms with Crippen molar-refractivity contribution in [2.24, 2.45) is 0 Å². The van der Waals surface area contributed by atoms with Crippen molar-refractivity contribution < 1.29 is 13.5 Å². The van der Waals surface area contributed by atoms with Crippen LogP contribution in [0.25, 0.3) is 0 Å². The number of hydrogen-bond donors (Lipinski definition) is 1. The summed E-state index contributed by atoms with van der Waals surface area (Å²) in [5, 5.41) is 10.5. The first-order valence-electron chi connectivity index (χ1n) is 4.48. The first-order valence-corrected chi connectivity index (χ1v) is 7.54. The maximum Gasteiger partial charge on any atom is 0.165 e. The Kier molecular flexibility index (Phi) is 4.05. The van der Waals surface area contributed by atoms with Crippen LogP contribution in [0.5, 0.6) is 0 Å². The Balaban J connectivity index is 3.12. The van der Waals surface area contributed by atoms with E-state index in [9.17, 15) is 13.5 Å². The van der Waals surface area contributed by atoms with Crippen molar-refractivity contribution >= 4 is 37.4 Å². The third kappa shape index (κ3) is 2.77. The molecule has 1 aromatic carbocycles. The monoisotopic (exact) mass is 326 g/mol. The van der Waals surface area contributed by atoms with E-state index in [2.05, 4.69) is 15.9 Å². The van der Waals surface area contributed by atoms with Crippen molar-refractivity contribution in [1.82, 2.24) is 0 Å². The zero-order valence-electron chi connectivity index (χ0n) is 8.81. The molecule has 0 fully saturated rings. The average Bonchev–Trinajstić information content (AvgIpc) is 2.16. The Morgan fingerprint density at radius 2 is 1.81 bits per heavy atom. The molecule has 0 radical (unpaired) electrons. The van der Waals surface area contributed by atoms with Gasteiger partial charge in [0.1, 0.15) is 6.10 Å². The Bertz CT molecular complexity index is 467. The summed E-state index contributed by atoms with van der Waals surface area (Å²) >= 11 is 8.76. The van der Waals surface area contributed by atoms with E-state index in [4.69, 9.17) is 11.6 Å². The smallest absolute Gasteiger partial charge is 0.165 e. The molecule has 0 heterocycles. The van der Waals surface area contributed by atoms with Gasteiger partial charge in [-0.3, -0.25) is 0 Å². The number of sulfone groups is 1. The molecular weight excluding hydrogens is 316 g/mol. The quantitative estimate of drug-likeness (QED) is 0.868. The molecule has 0 spiro atoms. The van der Waals surface area contributed by atoms with Gasteiger partial charge in [0, 0.05) is 11.3 Å². The highest BCUT2D eigenvalue weighted by Gasteiger charge is 2.41. The minimum atomic E-state index is -3.43. The first kappa shape index (κ1) is 14.0. The average molecular weight is 328 g/mol. The van der Waals surface area contributed by atoms with Gasteiger partial charge in [0.05, 0.1) is 0 Å². The maximum absolute atomic E-state index is 11.5. The highest BCUT2D eigenvalue weighted by molar-refractivity contribution is 9.11. The second kappa shape index (κ2) is 4.64. The highest BCUT2D eigenvalue weighted by Crippen LogP contribution is 2.38. The summed E-state index contributed by atoms with van der Waals surface area (Å²) < 4.78 is 21.6. The maximum atomic E-state index is 11.5. The zero-order valence-corrected chi connectivity index (χ0v) is 12.0. The van der Waals surface area contributed by atoms with Gasteiger partial charge in [-0.1, -0.05) is 39.7 Å². The van der Waals surface area contributed by atoms with Crippen LogP contribution in [-0.4, -0.2) is 23.4 Å². The minimum Gasteiger partial charge on any atom is -0.386 e. The number of benzene rings is 1. The van der Waals surface area contributed by atoms with Gasteiger partial charge < -0.3 is 5.11 Å². The molecule has 0 saturated heterocycles. The van der Waals surface area contributed by atoms with E-state index in [1.54, 1.807) is 24.3 Å². The molecule has 0 aliphatic carbocycles. The zero-order chi connectivity index (χ0) is 12.6. The van der Waals surface area contributed by atoms with Gasteiger partial charge in [-0.2, -0.15) is 0 Å². The molecule has 6 heteroatoms. The standard InChI is InChI=1S/C10H12BrClO3S/c1-10(11,16(2,14)15)9(13)7-3-5-8(12)6-4-7/h3-6,9,13H,1-2H3. The molecule has 90 valence electrons. The summed E-state index contributed by atoms with van der Waals surface area (Å²) in [6.07, 6.45) is -0.0827. The lowest BCUT2D eigenvalue weighted by Crippen LogP contribution is -2.34. The van der Waals surface area contributed by atoms with Gasteiger partial charge >= 0.3 is 0 Å². The molecule has 2 unspecified atom stereocenters. The van der Waals surface area contributed by atoms with Gasteiger partial charge in [0.15, 0.2) is 13.5 Å². The Morgan fingerprint density at radius 1 is 1.38 bits per heavy atom. The van der Waals surface area contributed by atoms with Crippen LogP contribution in [0.3, 0.4) is 0 Å². The molecular formula is C10H12BrClO3S. The molecule has 0 aliphatic heterocycles. The van der Waals surface area contributed by atoms with Gasteiger partial charge in [-0.05, 0) is 24.6 Å². The minimum absolute atomic E-state index is 0.495. The summed E-state index contributed by atoms with van der Waals surface area (Å²) in [5.41, 5.74) is 0.495. The van der Waals surface area contributed by atoms with Crippen LogP contribution >= 0.6 is 27.5 Å². The second-order valence-corrected chi connectivity index (χ2v) is 8.71. The Hall–Kier alpha value is -0.100. The topological polar surface area (TPSA) is 54.4 Å². The van der Waals surface area contributed by atoms with Crippen LogP contribution in [0, 0.1) is 0 Å². The summed E-state index contributed by atoms with van der Waals surface area (Å²) in [7, 11) is -3.43. The molecule has 2 atom stereocenters. The predicted molar refractivity (Wildman–Crippen MR) is 68.6 cm³/mol. The van der Waals surface area contributed by atoms with Crippen LogP contribution in [-0.2, 0) is 9.84 Å². The SMILES string of the molecule is CC(Br)(C(O)c1ccc(Cl)cc1)S(C)(=O)=O. The lowest BCUT2D eigenvalue weighted by atomic mass is 10.1. The molecule has 0 bridgehead atoms. The molecule has 3 nitrogen and oxygen atoms in total. The molecule has 1 N–H and O–H groups in total. The first-order chi connectivity index (χ1) is 7.16. The van der Waals surface area contributed by atoms with E-state index in [-0.39, 0.29) is 0 Å². The Labute approximate surface area is 108 Å². The fraction of sp³-hybridized carbons (Fsp3) is 0.400. The van der Waals surface area contributed by atoms with Gasteiger partial charge in [0.2, 0.25) is 0 Å². The molecule has 0 amide bonds. The van der Waals surface area contributed by atoms with E-state index >= 15 is 0 Å². The summed E-state index contributed by atoms with van der Waals surface area (Å²) in [6.45, 7) is 1.42. The van der Waals surface area contributed by atoms with Crippen molar-refractivity contribution in [2.45, 2.75) is 16.7 Å². The molecule has 0 aromatic heterocycles. The van der Waals surface area contributed by atoms with Crippen molar-refractivity contribution in [3.05, 3.63) is 34.9 Å². The fourth-order valence-corrected chi connectivity index (χ4v) is 2.08. The highest BCUT2D eigenvalue weighted by atomic mass is 79.9. The molecule has 1 rings (SSSR count). The van der Waals surface area contributed by atoms with Gasteiger partial charge in [-0.15, -0.1) is 0 Å². The van der Waals surface area contributed by atoms with E-state index in [1.165, 1.54) is 6.92 Å². The second-order valence-electron chi connectivity index (χ2n) is 3.71. The van der Waals surface area contributed by atoms with E-state index in [1.807, 2.05) is 0 Å². The van der Waals surface area contributed by atoms with E-state index < -0.39 is 19.6 Å². The third-order valence-electron chi connectivity index (χ3n) is 2.40. The lowest BCUT2D eigenvalue weighted by molar-refractivity contribution is 0.168. The molecule has 0 saturated carbocycles. The van der Waals surface area contributed by atoms with Gasteiger partial charge in [0.25, 0.3) is 0 Å². The number of hydrogen-bond acceptors (Lipinski definition) is 3. The number of aliphatic hydroxyl groups excluding tert-OH is 1. The summed E-state index contributed by atoms with van der Waals surface area (Å²) in [6, 6.07) is 6.40. The fourth-order valence-electron chi connectivity index (χ4n) is 1.15. The number of alkyl halides is 1. The van der Waals surface area contributed by atoms with Crippen molar-refractivity contribution in [3.8, 4) is 0 Å². The van der Waals surface area contributed by atoms with Crippen LogP contribution in [0.15, 0.2) is 24.3 Å². The number of aliphatic hydroxyl groups is 1. The molecule has 0 aliphatic rings. The van der Waals surface area contributed by atoms with Gasteiger partial charge in [-0.25, -0.2) is 8.42 Å². The predicted octanol–water partition coefficient (Wildman–Crippen LogP) is 2.53. The third-order valence-corrected chi connectivity index (χ3v) is 6.52. The van der Waals surface area contributed by atoms with Crippen molar-refractivity contribution in [2.75, 3.05) is 6.26 Å². The Morgan fingerprint density at radius 3 is 2.19 bits per heavy atom. The largest absolute Gasteiger partial charge is 0.386 e. The van der Waals surface area contributed by atoms with E-state index in [0.29, 0.717) is 10.6 Å². The number of halogens is 2. The van der Waals surface area contributed by atoms with Crippen molar-refractivity contribution in [3.63, 3.8) is 0 Å². The van der Waals surface area contributed by atoms with Crippen LogP contribution in [0.2, 0.25) is 5.02 Å². The molecule has 16 heavy (non-hydrogen) atoms. The van der Waals surface area contributed by atoms with Crippen LogP contribution in [0.1, 0.15) is 18.6 Å². The van der Waals surface area contributed by atoms with E-state index in [0.717, 1.165) is 6.26 Å².